The lowest BCUT2D eigenvalue weighted by molar-refractivity contribution is -0.143. The van der Waals surface area contributed by atoms with Gasteiger partial charge >= 0.3 is 6.18 Å². The molecule has 0 bridgehead atoms. The van der Waals surface area contributed by atoms with Crippen LogP contribution in [0.3, 0.4) is 0 Å². The van der Waals surface area contributed by atoms with Crippen LogP contribution in [-0.4, -0.2) is 45.9 Å². The Labute approximate surface area is 217 Å². The van der Waals surface area contributed by atoms with Gasteiger partial charge in [-0.25, -0.2) is 4.98 Å². The van der Waals surface area contributed by atoms with Crippen LogP contribution >= 0.6 is 11.3 Å². The van der Waals surface area contributed by atoms with Gasteiger partial charge in [0, 0.05) is 50.0 Å². The highest BCUT2D eigenvalue weighted by Gasteiger charge is 2.35. The minimum absolute atomic E-state index is 0.314. The van der Waals surface area contributed by atoms with Crippen LogP contribution in [0.15, 0.2) is 42.5 Å². The Morgan fingerprint density at radius 3 is 2.46 bits per heavy atom. The predicted molar refractivity (Wildman–Crippen MR) is 142 cm³/mol. The molecule has 4 aromatic rings. The van der Waals surface area contributed by atoms with Gasteiger partial charge in [0.25, 0.3) is 0 Å². The minimum Gasteiger partial charge on any atom is -0.362 e. The van der Waals surface area contributed by atoms with Gasteiger partial charge in [0.1, 0.15) is 17.2 Å². The van der Waals surface area contributed by atoms with E-state index >= 15 is 0 Å². The topological polar surface area (TPSA) is 70.9 Å². The van der Waals surface area contributed by atoms with Crippen LogP contribution in [0.4, 0.5) is 24.9 Å². The molecule has 11 heteroatoms. The van der Waals surface area contributed by atoms with Crippen LogP contribution in [0.1, 0.15) is 36.3 Å². The summed E-state index contributed by atoms with van der Waals surface area (Å²) >= 11 is 1.48. The number of benzene rings is 1. The smallest absolute Gasteiger partial charge is 0.362 e. The highest BCUT2D eigenvalue weighted by atomic mass is 32.1. The first kappa shape index (κ1) is 25.5. The maximum absolute atomic E-state index is 13.1. The molecule has 7 nitrogen and oxygen atoms in total. The first-order valence-corrected chi connectivity index (χ1v) is 13.1. The van der Waals surface area contributed by atoms with Gasteiger partial charge in [-0.3, -0.25) is 4.68 Å². The van der Waals surface area contributed by atoms with Crippen molar-refractivity contribution in [3.05, 3.63) is 53.0 Å². The molecule has 0 radical (unpaired) electrons. The van der Waals surface area contributed by atoms with Gasteiger partial charge < -0.3 is 15.5 Å². The number of alkyl halides is 3. The SMILES string of the molecule is CN(C)c1nc(N[C@H]2CC[C@@H](NCc3ccc(-c4cc(C(F)(F)F)n(C)n4)s3)CC2)nc2ccccc12. The average Bonchev–Trinajstić information content (AvgIpc) is 3.49. The number of nitrogens with zero attached hydrogens (tertiary/aromatic N) is 5. The summed E-state index contributed by atoms with van der Waals surface area (Å²) in [5, 5.41) is 12.2. The molecular weight excluding hydrogens is 499 g/mol. The molecule has 0 unspecified atom stereocenters. The molecule has 2 N–H and O–H groups in total. The fourth-order valence-electron chi connectivity index (χ4n) is 4.80. The molecule has 196 valence electrons. The molecular formula is C26H30F3N7S. The third-order valence-electron chi connectivity index (χ3n) is 6.72. The van der Waals surface area contributed by atoms with Gasteiger partial charge in [0.05, 0.1) is 10.4 Å². The minimum atomic E-state index is -4.41. The molecule has 37 heavy (non-hydrogen) atoms. The van der Waals surface area contributed by atoms with Crippen molar-refractivity contribution in [3.63, 3.8) is 0 Å². The molecule has 0 amide bonds. The summed E-state index contributed by atoms with van der Waals surface area (Å²) in [6, 6.07) is 13.7. The lowest BCUT2D eigenvalue weighted by Crippen LogP contribution is -2.36. The molecule has 1 aliphatic rings. The molecule has 1 fully saturated rings. The Morgan fingerprint density at radius 2 is 1.76 bits per heavy atom. The monoisotopic (exact) mass is 529 g/mol. The summed E-state index contributed by atoms with van der Waals surface area (Å²) < 4.78 is 40.2. The molecule has 3 heterocycles. The number of nitrogens with one attached hydrogen (secondary N) is 2. The van der Waals surface area contributed by atoms with Crippen LogP contribution in [0.25, 0.3) is 21.5 Å². The Kier molecular flexibility index (Phi) is 7.09. The number of fused-ring (bicyclic) bond motifs is 1. The van der Waals surface area contributed by atoms with Crippen LogP contribution in [0, 0.1) is 0 Å². The van der Waals surface area contributed by atoms with E-state index in [-0.39, 0.29) is 0 Å². The Bertz CT molecular complexity index is 1370. The molecule has 1 aliphatic carbocycles. The van der Waals surface area contributed by atoms with E-state index in [1.54, 1.807) is 0 Å². The highest BCUT2D eigenvalue weighted by molar-refractivity contribution is 7.15. The number of aryl methyl sites for hydroxylation is 1. The van der Waals surface area contributed by atoms with Crippen molar-refractivity contribution in [2.24, 2.45) is 7.05 Å². The summed E-state index contributed by atoms with van der Waals surface area (Å²) in [5.41, 5.74) is 0.536. The highest BCUT2D eigenvalue weighted by Crippen LogP contribution is 2.34. The van der Waals surface area contributed by atoms with Gasteiger partial charge in [-0.1, -0.05) is 12.1 Å². The molecule has 3 aromatic heterocycles. The molecule has 1 aromatic carbocycles. The van der Waals surface area contributed by atoms with Crippen LogP contribution < -0.4 is 15.5 Å². The van der Waals surface area contributed by atoms with Crippen molar-refractivity contribution in [1.29, 1.82) is 0 Å². The third kappa shape index (κ3) is 5.72. The number of rotatable bonds is 7. The van der Waals surface area contributed by atoms with Crippen molar-refractivity contribution in [2.75, 3.05) is 24.3 Å². The zero-order valence-corrected chi connectivity index (χ0v) is 21.8. The summed E-state index contributed by atoms with van der Waals surface area (Å²) in [5.74, 6) is 1.56. The lowest BCUT2D eigenvalue weighted by Gasteiger charge is -2.30. The van der Waals surface area contributed by atoms with Crippen LogP contribution in [0.5, 0.6) is 0 Å². The Morgan fingerprint density at radius 1 is 1.03 bits per heavy atom. The first-order chi connectivity index (χ1) is 17.7. The normalized spacial score (nSPS) is 18.3. The Balaban J connectivity index is 1.15. The van der Waals surface area contributed by atoms with Crippen molar-refractivity contribution >= 4 is 34.0 Å². The second-order valence-electron chi connectivity index (χ2n) is 9.66. The number of hydrogen-bond donors (Lipinski definition) is 2. The van der Waals surface area contributed by atoms with E-state index in [2.05, 4.69) is 15.7 Å². The van der Waals surface area contributed by atoms with E-state index in [9.17, 15) is 13.2 Å². The Hall–Kier alpha value is -3.18. The first-order valence-electron chi connectivity index (χ1n) is 12.3. The number of anilines is 2. The molecule has 0 aliphatic heterocycles. The van der Waals surface area contributed by atoms with Crippen molar-refractivity contribution in [1.82, 2.24) is 25.1 Å². The fraction of sp³-hybridized carbons (Fsp3) is 0.423. The maximum Gasteiger partial charge on any atom is 0.433 e. The van der Waals surface area contributed by atoms with E-state index in [1.807, 2.05) is 55.4 Å². The molecule has 1 saturated carbocycles. The van der Waals surface area contributed by atoms with E-state index < -0.39 is 11.9 Å². The van der Waals surface area contributed by atoms with E-state index in [4.69, 9.17) is 9.97 Å². The number of halogens is 3. The largest absolute Gasteiger partial charge is 0.433 e. The van der Waals surface area contributed by atoms with E-state index in [1.165, 1.54) is 18.4 Å². The van der Waals surface area contributed by atoms with Gasteiger partial charge in [-0.05, 0) is 56.0 Å². The fourth-order valence-corrected chi connectivity index (χ4v) is 5.71. The zero-order valence-electron chi connectivity index (χ0n) is 21.0. The quantitative estimate of drug-likeness (QED) is 0.321. The summed E-state index contributed by atoms with van der Waals surface area (Å²) in [6.45, 7) is 0.687. The van der Waals surface area contributed by atoms with Gasteiger partial charge in [-0.2, -0.15) is 23.3 Å². The second kappa shape index (κ2) is 10.3. The molecule has 0 saturated heterocycles. The average molecular weight is 530 g/mol. The number of thiophene rings is 1. The van der Waals surface area contributed by atoms with Gasteiger partial charge in [0.15, 0.2) is 0 Å². The summed E-state index contributed by atoms with van der Waals surface area (Å²) in [4.78, 5) is 13.3. The second-order valence-corrected chi connectivity index (χ2v) is 10.8. The van der Waals surface area contributed by atoms with Crippen LogP contribution in [-0.2, 0) is 19.8 Å². The molecule has 0 atom stereocenters. The van der Waals surface area contributed by atoms with Crippen molar-refractivity contribution in [2.45, 2.75) is 50.5 Å². The standard InChI is InChI=1S/C26H30F3N7S/c1-35(2)24-19-6-4-5-7-20(19)32-25(33-24)31-17-10-8-16(9-11-17)30-15-18-12-13-22(37-18)21-14-23(26(27,28)29)36(3)34-21/h4-7,12-14,16-17,30H,8-11,15H2,1-3H3,(H,31,32,33)/t16-,17+. The van der Waals surface area contributed by atoms with Crippen molar-refractivity contribution < 1.29 is 13.2 Å². The van der Waals surface area contributed by atoms with Crippen molar-refractivity contribution in [3.8, 4) is 10.6 Å². The van der Waals surface area contributed by atoms with E-state index in [0.717, 1.165) is 62.9 Å². The van der Waals surface area contributed by atoms with Crippen LogP contribution in [0.2, 0.25) is 0 Å². The number of aromatic nitrogens is 4. The lowest BCUT2D eigenvalue weighted by atomic mass is 9.91. The predicted octanol–water partition coefficient (Wildman–Crippen LogP) is 5.69. The number of para-hydroxylation sites is 1. The zero-order chi connectivity index (χ0) is 26.2. The van der Waals surface area contributed by atoms with Gasteiger partial charge in [0.2, 0.25) is 5.95 Å². The maximum atomic E-state index is 13.1. The van der Waals surface area contributed by atoms with E-state index in [0.29, 0.717) is 30.3 Å². The number of hydrogen-bond acceptors (Lipinski definition) is 7. The van der Waals surface area contributed by atoms with Gasteiger partial charge in [-0.15, -0.1) is 11.3 Å². The molecule has 0 spiro atoms. The third-order valence-corrected chi connectivity index (χ3v) is 7.82. The summed E-state index contributed by atoms with van der Waals surface area (Å²) in [6.07, 6.45) is -0.340. The molecule has 5 rings (SSSR count). The summed E-state index contributed by atoms with van der Waals surface area (Å²) in [7, 11) is 5.30.